The minimum atomic E-state index is -4.81. The topological polar surface area (TPSA) is 71.5 Å². The van der Waals surface area contributed by atoms with E-state index in [-0.39, 0.29) is 4.90 Å². The first-order valence-electron chi connectivity index (χ1n) is 5.94. The van der Waals surface area contributed by atoms with Crippen LogP contribution in [0.15, 0.2) is 34.1 Å². The highest BCUT2D eigenvalue weighted by atomic mass is 32.3. The van der Waals surface area contributed by atoms with Gasteiger partial charge in [0.25, 0.3) is 0 Å². The van der Waals surface area contributed by atoms with Crippen LogP contribution in [0, 0.1) is 0 Å². The standard InChI is InChI=1S/C11H14FNO4S3/c12-19(14,15)10-2-4-11(5-3-10)20(16,17)13-6-1-8-18-9-7-13/h2-5H,1,6-9H2. The van der Waals surface area contributed by atoms with Gasteiger partial charge in [0.2, 0.25) is 10.0 Å². The van der Waals surface area contributed by atoms with Crippen molar-refractivity contribution in [2.75, 3.05) is 24.6 Å². The molecule has 9 heteroatoms. The third-order valence-corrected chi connectivity index (χ3v) is 6.72. The van der Waals surface area contributed by atoms with Gasteiger partial charge in [0.1, 0.15) is 0 Å². The van der Waals surface area contributed by atoms with Gasteiger partial charge in [-0.05, 0) is 36.4 Å². The van der Waals surface area contributed by atoms with Crippen LogP contribution in [0.4, 0.5) is 3.89 Å². The summed E-state index contributed by atoms with van der Waals surface area (Å²) in [6.45, 7) is 0.870. The number of hydrogen-bond donors (Lipinski definition) is 0. The maximum atomic E-state index is 12.8. The van der Waals surface area contributed by atoms with Crippen molar-refractivity contribution in [3.8, 4) is 0 Å². The zero-order valence-corrected chi connectivity index (χ0v) is 13.0. The van der Waals surface area contributed by atoms with Gasteiger partial charge >= 0.3 is 10.2 Å². The molecule has 1 aliphatic rings. The molecule has 0 N–H and O–H groups in total. The summed E-state index contributed by atoms with van der Waals surface area (Å²) < 4.78 is 60.3. The lowest BCUT2D eigenvalue weighted by Crippen LogP contribution is -2.33. The highest BCUT2D eigenvalue weighted by Crippen LogP contribution is 2.22. The van der Waals surface area contributed by atoms with Crippen LogP contribution in [0.25, 0.3) is 0 Å². The van der Waals surface area contributed by atoms with E-state index in [4.69, 9.17) is 0 Å². The lowest BCUT2D eigenvalue weighted by atomic mass is 10.4. The highest BCUT2D eigenvalue weighted by molar-refractivity contribution is 7.99. The fraction of sp³-hybridized carbons (Fsp3) is 0.455. The number of sulfonamides is 1. The molecule has 20 heavy (non-hydrogen) atoms. The van der Waals surface area contributed by atoms with Crippen LogP contribution in [0.5, 0.6) is 0 Å². The van der Waals surface area contributed by atoms with E-state index < -0.39 is 25.1 Å². The van der Waals surface area contributed by atoms with Crippen LogP contribution in [-0.4, -0.2) is 45.7 Å². The molecule has 0 spiro atoms. The van der Waals surface area contributed by atoms with Crippen LogP contribution in [0.2, 0.25) is 0 Å². The smallest absolute Gasteiger partial charge is 0.207 e. The molecule has 1 fully saturated rings. The molecule has 0 atom stereocenters. The van der Waals surface area contributed by atoms with Crippen molar-refractivity contribution < 1.29 is 20.7 Å². The third-order valence-electron chi connectivity index (χ3n) is 2.92. The predicted molar refractivity (Wildman–Crippen MR) is 75.4 cm³/mol. The van der Waals surface area contributed by atoms with Crippen molar-refractivity contribution in [1.82, 2.24) is 4.31 Å². The van der Waals surface area contributed by atoms with Gasteiger partial charge in [0, 0.05) is 18.8 Å². The Hall–Kier alpha value is -0.640. The second-order valence-electron chi connectivity index (χ2n) is 4.28. The van der Waals surface area contributed by atoms with Crippen LogP contribution in [0.1, 0.15) is 6.42 Å². The van der Waals surface area contributed by atoms with Crippen LogP contribution >= 0.6 is 11.8 Å². The summed E-state index contributed by atoms with van der Waals surface area (Å²) in [7, 11) is -8.45. The van der Waals surface area contributed by atoms with E-state index in [9.17, 15) is 20.7 Å². The number of thioether (sulfide) groups is 1. The Bertz CT molecular complexity index is 662. The van der Waals surface area contributed by atoms with Crippen LogP contribution in [-0.2, 0) is 20.2 Å². The highest BCUT2D eigenvalue weighted by Gasteiger charge is 2.25. The number of benzene rings is 1. The zero-order chi connectivity index (χ0) is 14.8. The molecule has 0 bridgehead atoms. The normalized spacial score (nSPS) is 18.6. The molecule has 1 aromatic rings. The zero-order valence-electron chi connectivity index (χ0n) is 10.5. The van der Waals surface area contributed by atoms with Crippen molar-refractivity contribution in [2.24, 2.45) is 0 Å². The molecule has 0 radical (unpaired) electrons. The van der Waals surface area contributed by atoms with Gasteiger partial charge in [-0.15, -0.1) is 3.89 Å². The average molecular weight is 339 g/mol. The van der Waals surface area contributed by atoms with E-state index in [0.717, 1.165) is 42.2 Å². The summed E-state index contributed by atoms with van der Waals surface area (Å²) in [5.74, 6) is 1.65. The Labute approximate surface area is 122 Å². The Balaban J connectivity index is 2.29. The quantitative estimate of drug-likeness (QED) is 0.780. The summed E-state index contributed by atoms with van der Waals surface area (Å²) in [6.07, 6.45) is 0.779. The maximum absolute atomic E-state index is 12.8. The number of hydrogen-bond acceptors (Lipinski definition) is 5. The lowest BCUT2D eigenvalue weighted by Gasteiger charge is -2.19. The molecule has 1 saturated heterocycles. The number of halogens is 1. The molecule has 0 aliphatic carbocycles. The van der Waals surface area contributed by atoms with Gasteiger partial charge in [-0.3, -0.25) is 0 Å². The summed E-state index contributed by atoms with van der Waals surface area (Å²) in [4.78, 5) is -0.556. The molecular formula is C11H14FNO4S3. The molecule has 0 unspecified atom stereocenters. The number of rotatable bonds is 3. The van der Waals surface area contributed by atoms with Gasteiger partial charge in [0.15, 0.2) is 0 Å². The van der Waals surface area contributed by atoms with Gasteiger partial charge < -0.3 is 0 Å². The third kappa shape index (κ3) is 3.51. The minimum absolute atomic E-state index is 0.0169. The van der Waals surface area contributed by atoms with E-state index in [2.05, 4.69) is 0 Å². The first-order chi connectivity index (χ1) is 9.32. The summed E-state index contributed by atoms with van der Waals surface area (Å²) >= 11 is 1.70. The number of nitrogens with zero attached hydrogens (tertiary/aromatic N) is 1. The Morgan fingerprint density at radius 1 is 0.950 bits per heavy atom. The first kappa shape index (κ1) is 15.7. The molecule has 1 aromatic carbocycles. The minimum Gasteiger partial charge on any atom is -0.207 e. The fourth-order valence-electron chi connectivity index (χ4n) is 1.89. The Morgan fingerprint density at radius 2 is 1.55 bits per heavy atom. The monoisotopic (exact) mass is 339 g/mol. The molecule has 0 saturated carbocycles. The second-order valence-corrected chi connectivity index (χ2v) is 8.79. The fourth-order valence-corrected chi connectivity index (χ4v) is 4.83. The van der Waals surface area contributed by atoms with Gasteiger partial charge in [0.05, 0.1) is 9.79 Å². The van der Waals surface area contributed by atoms with E-state index in [0.29, 0.717) is 13.1 Å². The van der Waals surface area contributed by atoms with Crippen molar-refractivity contribution in [3.63, 3.8) is 0 Å². The molecule has 0 aromatic heterocycles. The SMILES string of the molecule is O=S(=O)(F)c1ccc(S(=O)(=O)N2CCCSCC2)cc1. The van der Waals surface area contributed by atoms with Gasteiger partial charge in [-0.1, -0.05) is 0 Å². The largest absolute Gasteiger partial charge is 0.332 e. The van der Waals surface area contributed by atoms with Crippen molar-refractivity contribution in [1.29, 1.82) is 0 Å². The van der Waals surface area contributed by atoms with Crippen LogP contribution < -0.4 is 0 Å². The Kier molecular flexibility index (Phi) is 4.73. The molecular weight excluding hydrogens is 325 g/mol. The molecule has 112 valence electrons. The van der Waals surface area contributed by atoms with E-state index >= 15 is 0 Å². The predicted octanol–water partition coefficient (Wildman–Crippen LogP) is 1.47. The lowest BCUT2D eigenvalue weighted by molar-refractivity contribution is 0.435. The average Bonchev–Trinajstić information content (AvgIpc) is 2.67. The van der Waals surface area contributed by atoms with Gasteiger partial charge in [-0.2, -0.15) is 24.5 Å². The summed E-state index contributed by atoms with van der Waals surface area (Å²) in [6, 6.07) is 4.18. The molecule has 2 rings (SSSR count). The molecule has 1 aliphatic heterocycles. The van der Waals surface area contributed by atoms with Crippen molar-refractivity contribution in [2.45, 2.75) is 16.2 Å². The van der Waals surface area contributed by atoms with Crippen LogP contribution in [0.3, 0.4) is 0 Å². The molecule has 1 heterocycles. The molecule has 0 amide bonds. The van der Waals surface area contributed by atoms with Crippen molar-refractivity contribution in [3.05, 3.63) is 24.3 Å². The van der Waals surface area contributed by atoms with Crippen molar-refractivity contribution >= 4 is 32.0 Å². The van der Waals surface area contributed by atoms with Gasteiger partial charge in [-0.25, -0.2) is 8.42 Å². The van der Waals surface area contributed by atoms with E-state index in [1.807, 2.05) is 0 Å². The van der Waals surface area contributed by atoms with E-state index in [1.54, 1.807) is 11.8 Å². The second kappa shape index (κ2) is 6.00. The Morgan fingerprint density at radius 3 is 2.15 bits per heavy atom. The summed E-state index contributed by atoms with van der Waals surface area (Å²) in [5, 5.41) is 0. The summed E-state index contributed by atoms with van der Waals surface area (Å²) in [5.41, 5.74) is 0. The maximum Gasteiger partial charge on any atom is 0.332 e. The van der Waals surface area contributed by atoms with E-state index in [1.165, 1.54) is 4.31 Å². The first-order valence-corrected chi connectivity index (χ1v) is 9.92. The molecule has 5 nitrogen and oxygen atoms in total.